The molecule has 0 radical (unpaired) electrons. The molecule has 0 saturated heterocycles. The Bertz CT molecular complexity index is 1010. The second kappa shape index (κ2) is 14.1. The number of hydrogen-bond acceptors (Lipinski definition) is 4. The van der Waals surface area contributed by atoms with Gasteiger partial charge in [0.1, 0.15) is 11.5 Å². The molecule has 0 atom stereocenters. The normalized spacial score (nSPS) is 9.41. The van der Waals surface area contributed by atoms with Gasteiger partial charge in [-0.25, -0.2) is 0 Å². The van der Waals surface area contributed by atoms with E-state index in [1.165, 1.54) is 11.1 Å². The van der Waals surface area contributed by atoms with E-state index in [4.69, 9.17) is 19.5 Å². The summed E-state index contributed by atoms with van der Waals surface area (Å²) in [6.45, 7) is 0. The molecule has 0 aromatic heterocycles. The van der Waals surface area contributed by atoms with Crippen LogP contribution in [-0.2, 0) is 0 Å². The highest BCUT2D eigenvalue weighted by Crippen LogP contribution is 2.21. The van der Waals surface area contributed by atoms with Crippen molar-refractivity contribution in [2.24, 2.45) is 0 Å². The van der Waals surface area contributed by atoms with E-state index in [2.05, 4.69) is 40.2 Å². The predicted octanol–water partition coefficient (Wildman–Crippen LogP) is 5.19. The third kappa shape index (κ3) is 8.98. The summed E-state index contributed by atoms with van der Waals surface area (Å²) in [6.07, 6.45) is 0. The van der Waals surface area contributed by atoms with E-state index in [0.29, 0.717) is 5.46 Å². The zero-order valence-electron chi connectivity index (χ0n) is 18.1. The lowest BCUT2D eigenvalue weighted by Gasteiger charge is -2.02. The first kappa shape index (κ1) is 25.2. The Morgan fingerprint density at radius 3 is 1.38 bits per heavy atom. The van der Waals surface area contributed by atoms with Crippen molar-refractivity contribution in [1.82, 2.24) is 0 Å². The lowest BCUT2D eigenvalue weighted by atomic mass is 9.81. The third-order valence-electron chi connectivity index (χ3n) is 4.34. The fourth-order valence-corrected chi connectivity index (χ4v) is 2.87. The van der Waals surface area contributed by atoms with Crippen LogP contribution in [0.15, 0.2) is 114 Å². The lowest BCUT2D eigenvalue weighted by molar-refractivity contribution is 0.414. The molecule has 0 aliphatic carbocycles. The minimum absolute atomic E-state index is 0.525. The quantitative estimate of drug-likeness (QED) is 0.385. The van der Waals surface area contributed by atoms with Crippen molar-refractivity contribution in [3.63, 3.8) is 0 Å². The van der Waals surface area contributed by atoms with Gasteiger partial charge in [-0.05, 0) is 53.0 Å². The molecule has 4 aromatic rings. The molecule has 0 aliphatic rings. The monoisotopic (exact) mass is 492 g/mol. The first-order chi connectivity index (χ1) is 15.5. The Balaban J connectivity index is 0.000000178. The van der Waals surface area contributed by atoms with Crippen molar-refractivity contribution in [2.75, 3.05) is 14.2 Å². The predicted molar refractivity (Wildman–Crippen MR) is 135 cm³/mol. The molecule has 32 heavy (non-hydrogen) atoms. The highest BCUT2D eigenvalue weighted by Gasteiger charge is 2.07. The highest BCUT2D eigenvalue weighted by atomic mass is 79.9. The summed E-state index contributed by atoms with van der Waals surface area (Å²) in [4.78, 5) is 0. The van der Waals surface area contributed by atoms with E-state index in [-0.39, 0.29) is 0 Å². The van der Waals surface area contributed by atoms with Gasteiger partial charge in [-0.15, -0.1) is 0 Å². The van der Waals surface area contributed by atoms with Gasteiger partial charge in [-0.1, -0.05) is 88.7 Å². The fraction of sp³-hybridized carbons (Fsp3) is 0.0769. The van der Waals surface area contributed by atoms with E-state index in [1.54, 1.807) is 38.5 Å². The zero-order valence-corrected chi connectivity index (χ0v) is 19.6. The summed E-state index contributed by atoms with van der Waals surface area (Å²) in [6, 6.07) is 34.7. The SMILES string of the molecule is COc1ccc(-c2ccccc2)cc1.COc1ccc(Br)cc1.OB(O)c1ccccc1. The van der Waals surface area contributed by atoms with Crippen molar-refractivity contribution in [1.29, 1.82) is 0 Å². The molecule has 0 unspecified atom stereocenters. The topological polar surface area (TPSA) is 58.9 Å². The molecule has 0 saturated carbocycles. The number of methoxy groups -OCH3 is 2. The molecule has 0 bridgehead atoms. The minimum atomic E-state index is -1.34. The summed E-state index contributed by atoms with van der Waals surface area (Å²) in [7, 11) is 1.99. The van der Waals surface area contributed by atoms with Gasteiger partial charge in [0.15, 0.2) is 0 Å². The van der Waals surface area contributed by atoms with E-state index >= 15 is 0 Å². The molecular weight excluding hydrogens is 467 g/mol. The molecule has 0 aliphatic heterocycles. The molecule has 0 amide bonds. The van der Waals surface area contributed by atoms with Gasteiger partial charge in [-0.3, -0.25) is 0 Å². The molecule has 4 rings (SSSR count). The number of halogens is 1. The number of ether oxygens (including phenoxy) is 2. The van der Waals surface area contributed by atoms with E-state index < -0.39 is 7.12 Å². The van der Waals surface area contributed by atoms with Crippen LogP contribution >= 0.6 is 15.9 Å². The number of benzene rings is 4. The molecule has 0 fully saturated rings. The molecule has 6 heteroatoms. The molecule has 0 heterocycles. The van der Waals surface area contributed by atoms with Crippen LogP contribution in [0.4, 0.5) is 0 Å². The van der Waals surface area contributed by atoms with Crippen LogP contribution in [0.25, 0.3) is 11.1 Å². The standard InChI is InChI=1S/C13H12O.C7H7BrO.C6H7BO2/c1-14-13-9-7-12(8-10-13)11-5-3-2-4-6-11;1-9-7-4-2-6(8)3-5-7;8-7(9)6-4-2-1-3-5-6/h2-10H,1H3;2-5H,1H3;1-5,8-9H. The second-order valence-corrected chi connectivity index (χ2v) is 7.45. The van der Waals surface area contributed by atoms with E-state index in [1.807, 2.05) is 60.7 Å². The lowest BCUT2D eigenvalue weighted by Crippen LogP contribution is -2.29. The van der Waals surface area contributed by atoms with E-state index in [0.717, 1.165) is 16.0 Å². The zero-order chi connectivity index (χ0) is 23.2. The highest BCUT2D eigenvalue weighted by molar-refractivity contribution is 9.10. The van der Waals surface area contributed by atoms with Crippen LogP contribution in [0.2, 0.25) is 0 Å². The smallest absolute Gasteiger partial charge is 0.488 e. The Labute approximate surface area is 198 Å². The van der Waals surface area contributed by atoms with Crippen molar-refractivity contribution in [2.45, 2.75) is 0 Å². The minimum Gasteiger partial charge on any atom is -0.497 e. The Kier molecular flexibility index (Phi) is 11.1. The van der Waals surface area contributed by atoms with Crippen LogP contribution in [0.5, 0.6) is 11.5 Å². The number of rotatable bonds is 4. The molecular formula is C26H26BBrO4. The first-order valence-electron chi connectivity index (χ1n) is 9.93. The molecule has 164 valence electrons. The van der Waals surface area contributed by atoms with Gasteiger partial charge >= 0.3 is 7.12 Å². The average molecular weight is 493 g/mol. The van der Waals surface area contributed by atoms with Crippen molar-refractivity contribution in [3.05, 3.63) is 114 Å². The maximum absolute atomic E-state index is 8.58. The van der Waals surface area contributed by atoms with Crippen molar-refractivity contribution in [3.8, 4) is 22.6 Å². The summed E-state index contributed by atoms with van der Waals surface area (Å²) in [5.41, 5.74) is 2.97. The van der Waals surface area contributed by atoms with Crippen LogP contribution in [0.1, 0.15) is 0 Å². The van der Waals surface area contributed by atoms with Gasteiger partial charge in [0.25, 0.3) is 0 Å². The summed E-state index contributed by atoms with van der Waals surface area (Å²) in [5.74, 6) is 1.78. The summed E-state index contributed by atoms with van der Waals surface area (Å²) >= 11 is 3.32. The fourth-order valence-electron chi connectivity index (χ4n) is 2.61. The Morgan fingerprint density at radius 1 is 0.562 bits per heavy atom. The van der Waals surface area contributed by atoms with Crippen molar-refractivity contribution >= 4 is 28.5 Å². The number of hydrogen-bond donors (Lipinski definition) is 2. The van der Waals surface area contributed by atoms with Crippen LogP contribution in [-0.4, -0.2) is 31.4 Å². The summed E-state index contributed by atoms with van der Waals surface area (Å²) < 4.78 is 11.1. The molecule has 0 spiro atoms. The largest absolute Gasteiger partial charge is 0.497 e. The second-order valence-electron chi connectivity index (χ2n) is 6.54. The van der Waals surface area contributed by atoms with Crippen LogP contribution in [0.3, 0.4) is 0 Å². The Hall–Kier alpha value is -3.06. The van der Waals surface area contributed by atoms with Crippen molar-refractivity contribution < 1.29 is 19.5 Å². The van der Waals surface area contributed by atoms with Gasteiger partial charge in [0.05, 0.1) is 14.2 Å². The molecule has 2 N–H and O–H groups in total. The van der Waals surface area contributed by atoms with E-state index in [9.17, 15) is 0 Å². The maximum atomic E-state index is 8.58. The van der Waals surface area contributed by atoms with Crippen LogP contribution in [0, 0.1) is 0 Å². The average Bonchev–Trinajstić information content (AvgIpc) is 2.86. The summed E-state index contributed by atoms with van der Waals surface area (Å²) in [5, 5.41) is 17.2. The van der Waals surface area contributed by atoms with Gasteiger partial charge in [0, 0.05) is 4.47 Å². The Morgan fingerprint density at radius 2 is 0.969 bits per heavy atom. The van der Waals surface area contributed by atoms with Crippen LogP contribution < -0.4 is 14.9 Å². The van der Waals surface area contributed by atoms with Gasteiger partial charge in [-0.2, -0.15) is 0 Å². The molecule has 4 aromatic carbocycles. The van der Waals surface area contributed by atoms with Gasteiger partial charge in [0.2, 0.25) is 0 Å². The molecule has 4 nitrogen and oxygen atoms in total. The third-order valence-corrected chi connectivity index (χ3v) is 4.87. The maximum Gasteiger partial charge on any atom is 0.488 e. The first-order valence-corrected chi connectivity index (χ1v) is 10.7. The van der Waals surface area contributed by atoms with Gasteiger partial charge < -0.3 is 19.5 Å².